The number of phenolic OH excluding ortho intramolecular Hbond substituents is 1. The number of ketones is 1. The predicted octanol–water partition coefficient (Wildman–Crippen LogP) is 3.61. The van der Waals surface area contributed by atoms with E-state index in [1.54, 1.807) is 30.3 Å². The minimum atomic E-state index is -0.146. The lowest BCUT2D eigenvalue weighted by Crippen LogP contribution is -1.99. The third-order valence-electron chi connectivity index (χ3n) is 3.25. The fourth-order valence-corrected chi connectivity index (χ4v) is 2.07. The van der Waals surface area contributed by atoms with Gasteiger partial charge in [-0.05, 0) is 42.8 Å². The summed E-state index contributed by atoms with van der Waals surface area (Å²) in [6.45, 7) is 1.92. The molecule has 0 radical (unpaired) electrons. The first-order chi connectivity index (χ1) is 10.5. The largest absolute Gasteiger partial charge is 0.504 e. The summed E-state index contributed by atoms with van der Waals surface area (Å²) in [6.07, 6.45) is 3.15. The predicted molar refractivity (Wildman–Crippen MR) is 85.8 cm³/mol. The van der Waals surface area contributed by atoms with Crippen molar-refractivity contribution >= 4 is 11.9 Å². The summed E-state index contributed by atoms with van der Waals surface area (Å²) in [5, 5.41) is 9.56. The number of hydrogen-bond donors (Lipinski definition) is 1. The van der Waals surface area contributed by atoms with Crippen molar-refractivity contribution in [1.29, 1.82) is 0 Å². The number of allylic oxidation sites excluding steroid dienone is 1. The first-order valence-corrected chi connectivity index (χ1v) is 6.79. The molecule has 2 aromatic carbocycles. The molecule has 2 rings (SSSR count). The SMILES string of the molecule is COc1cc(/C=C/C(=O)c2cc(C)ccc2OC)ccc1O. The Hall–Kier alpha value is -2.75. The van der Waals surface area contributed by atoms with Crippen LogP contribution in [0.15, 0.2) is 42.5 Å². The van der Waals surface area contributed by atoms with E-state index in [2.05, 4.69) is 0 Å². The molecule has 22 heavy (non-hydrogen) atoms. The maximum absolute atomic E-state index is 12.3. The molecule has 2 aromatic rings. The fourth-order valence-electron chi connectivity index (χ4n) is 2.07. The van der Waals surface area contributed by atoms with Crippen molar-refractivity contribution in [3.8, 4) is 17.2 Å². The van der Waals surface area contributed by atoms with Crippen molar-refractivity contribution in [3.63, 3.8) is 0 Å². The maximum Gasteiger partial charge on any atom is 0.189 e. The van der Waals surface area contributed by atoms with Gasteiger partial charge in [0.05, 0.1) is 19.8 Å². The van der Waals surface area contributed by atoms with Crippen LogP contribution < -0.4 is 9.47 Å². The van der Waals surface area contributed by atoms with Crippen molar-refractivity contribution in [2.45, 2.75) is 6.92 Å². The van der Waals surface area contributed by atoms with E-state index in [0.717, 1.165) is 11.1 Å². The van der Waals surface area contributed by atoms with E-state index < -0.39 is 0 Å². The normalized spacial score (nSPS) is 10.7. The zero-order valence-corrected chi connectivity index (χ0v) is 12.8. The lowest BCUT2D eigenvalue weighted by Gasteiger charge is -2.06. The summed E-state index contributed by atoms with van der Waals surface area (Å²) in [7, 11) is 3.02. The average molecular weight is 298 g/mol. The number of hydrogen-bond acceptors (Lipinski definition) is 4. The van der Waals surface area contributed by atoms with Crippen molar-refractivity contribution in [3.05, 3.63) is 59.2 Å². The smallest absolute Gasteiger partial charge is 0.189 e. The molecule has 0 unspecified atom stereocenters. The molecule has 114 valence electrons. The molecule has 0 heterocycles. The van der Waals surface area contributed by atoms with Gasteiger partial charge in [0.15, 0.2) is 17.3 Å². The van der Waals surface area contributed by atoms with Gasteiger partial charge in [0.1, 0.15) is 5.75 Å². The van der Waals surface area contributed by atoms with E-state index in [4.69, 9.17) is 9.47 Å². The average Bonchev–Trinajstić information content (AvgIpc) is 2.53. The van der Waals surface area contributed by atoms with Crippen molar-refractivity contribution in [1.82, 2.24) is 0 Å². The van der Waals surface area contributed by atoms with E-state index in [0.29, 0.717) is 17.1 Å². The highest BCUT2D eigenvalue weighted by Crippen LogP contribution is 2.27. The third kappa shape index (κ3) is 3.47. The summed E-state index contributed by atoms with van der Waals surface area (Å²) in [4.78, 5) is 12.3. The van der Waals surface area contributed by atoms with Crippen LogP contribution in [0.5, 0.6) is 17.2 Å². The molecule has 0 saturated heterocycles. The molecule has 0 aliphatic heterocycles. The Morgan fingerprint density at radius 3 is 2.45 bits per heavy atom. The Morgan fingerprint density at radius 1 is 1.05 bits per heavy atom. The van der Waals surface area contributed by atoms with Gasteiger partial charge in [-0.3, -0.25) is 4.79 Å². The first kappa shape index (κ1) is 15.6. The summed E-state index contributed by atoms with van der Waals surface area (Å²) >= 11 is 0. The second-order valence-corrected chi connectivity index (χ2v) is 4.83. The summed E-state index contributed by atoms with van der Waals surface area (Å²) < 4.78 is 10.3. The van der Waals surface area contributed by atoms with Crippen LogP contribution >= 0.6 is 0 Å². The Kier molecular flexibility index (Phi) is 4.84. The molecule has 0 bridgehead atoms. The molecule has 1 N–H and O–H groups in total. The topological polar surface area (TPSA) is 55.8 Å². The number of carbonyl (C=O) groups is 1. The number of aryl methyl sites for hydroxylation is 1. The number of ether oxygens (including phenoxy) is 2. The number of methoxy groups -OCH3 is 2. The summed E-state index contributed by atoms with van der Waals surface area (Å²) in [6, 6.07) is 10.4. The minimum Gasteiger partial charge on any atom is -0.504 e. The molecule has 0 amide bonds. The van der Waals surface area contributed by atoms with Crippen LogP contribution in [-0.2, 0) is 0 Å². The van der Waals surface area contributed by atoms with Gasteiger partial charge in [-0.2, -0.15) is 0 Å². The van der Waals surface area contributed by atoms with Gasteiger partial charge in [0.2, 0.25) is 0 Å². The van der Waals surface area contributed by atoms with E-state index in [9.17, 15) is 9.90 Å². The molecule has 0 aromatic heterocycles. The standard InChI is InChI=1S/C18H18O4/c1-12-4-9-17(21-2)14(10-12)15(19)7-5-13-6-8-16(20)18(11-13)22-3/h4-11,20H,1-3H3/b7-5+. The van der Waals surface area contributed by atoms with E-state index in [-0.39, 0.29) is 11.5 Å². The van der Waals surface area contributed by atoms with Gasteiger partial charge in [-0.15, -0.1) is 0 Å². The van der Waals surface area contributed by atoms with Gasteiger partial charge in [-0.1, -0.05) is 23.8 Å². The Bertz CT molecular complexity index is 717. The van der Waals surface area contributed by atoms with Crippen LogP contribution in [0.3, 0.4) is 0 Å². The lowest BCUT2D eigenvalue weighted by molar-refractivity contribution is 0.104. The first-order valence-electron chi connectivity index (χ1n) is 6.79. The number of carbonyl (C=O) groups excluding carboxylic acids is 1. The second-order valence-electron chi connectivity index (χ2n) is 4.83. The highest BCUT2D eigenvalue weighted by atomic mass is 16.5. The molecule has 0 fully saturated rings. The van der Waals surface area contributed by atoms with Gasteiger partial charge in [-0.25, -0.2) is 0 Å². The highest BCUT2D eigenvalue weighted by molar-refractivity contribution is 6.08. The van der Waals surface area contributed by atoms with Crippen molar-refractivity contribution < 1.29 is 19.4 Å². The Morgan fingerprint density at radius 2 is 1.77 bits per heavy atom. The summed E-state index contributed by atoms with van der Waals surface area (Å²) in [5.74, 6) is 0.824. The second kappa shape index (κ2) is 6.80. The van der Waals surface area contributed by atoms with Crippen LogP contribution in [0.4, 0.5) is 0 Å². The number of benzene rings is 2. The fraction of sp³-hybridized carbons (Fsp3) is 0.167. The van der Waals surface area contributed by atoms with Crippen molar-refractivity contribution in [2.24, 2.45) is 0 Å². The van der Waals surface area contributed by atoms with E-state index in [1.807, 2.05) is 13.0 Å². The molecular formula is C18H18O4. The molecule has 0 spiro atoms. The molecule has 0 aliphatic rings. The maximum atomic E-state index is 12.3. The molecule has 4 nitrogen and oxygen atoms in total. The summed E-state index contributed by atoms with van der Waals surface area (Å²) in [5.41, 5.74) is 2.27. The Labute approximate surface area is 129 Å². The minimum absolute atomic E-state index is 0.0614. The molecule has 4 heteroatoms. The zero-order valence-electron chi connectivity index (χ0n) is 12.8. The van der Waals surface area contributed by atoms with Crippen LogP contribution in [-0.4, -0.2) is 25.1 Å². The van der Waals surface area contributed by atoms with E-state index in [1.165, 1.54) is 26.4 Å². The van der Waals surface area contributed by atoms with Crippen LogP contribution in [0, 0.1) is 6.92 Å². The number of rotatable bonds is 5. The quantitative estimate of drug-likeness (QED) is 0.676. The van der Waals surface area contributed by atoms with Crippen molar-refractivity contribution in [2.75, 3.05) is 14.2 Å². The molecule has 0 atom stereocenters. The van der Waals surface area contributed by atoms with Crippen LogP contribution in [0.25, 0.3) is 6.08 Å². The monoisotopic (exact) mass is 298 g/mol. The van der Waals surface area contributed by atoms with Gasteiger partial charge >= 0.3 is 0 Å². The van der Waals surface area contributed by atoms with Crippen LogP contribution in [0.1, 0.15) is 21.5 Å². The van der Waals surface area contributed by atoms with E-state index >= 15 is 0 Å². The third-order valence-corrected chi connectivity index (χ3v) is 3.25. The highest BCUT2D eigenvalue weighted by Gasteiger charge is 2.09. The van der Waals surface area contributed by atoms with Crippen LogP contribution in [0.2, 0.25) is 0 Å². The molecule has 0 saturated carbocycles. The molecular weight excluding hydrogens is 280 g/mol. The number of phenols is 1. The number of aromatic hydroxyl groups is 1. The Balaban J connectivity index is 2.27. The zero-order chi connectivity index (χ0) is 16.1. The van der Waals surface area contributed by atoms with Gasteiger partial charge in [0.25, 0.3) is 0 Å². The van der Waals surface area contributed by atoms with Gasteiger partial charge in [0, 0.05) is 0 Å². The van der Waals surface area contributed by atoms with Gasteiger partial charge < -0.3 is 14.6 Å². The molecule has 0 aliphatic carbocycles. The lowest BCUT2D eigenvalue weighted by atomic mass is 10.1.